The maximum absolute atomic E-state index is 14.5. The number of Topliss-reactive ketones (excluding diaryl/α,β-unsaturated/α-hetero) is 3. The van der Waals surface area contributed by atoms with E-state index in [1.165, 1.54) is 6.07 Å². The molecule has 0 unspecified atom stereocenters. The van der Waals surface area contributed by atoms with Gasteiger partial charge in [0.15, 0.2) is 33.8 Å². The molecule has 0 radical (unpaired) electrons. The number of benzene rings is 2. The van der Waals surface area contributed by atoms with E-state index in [4.69, 9.17) is 21.1 Å². The van der Waals surface area contributed by atoms with Gasteiger partial charge in [0.05, 0.1) is 32.7 Å². The number of hydrogen-bond donors (Lipinski definition) is 0. The number of ketones is 3. The van der Waals surface area contributed by atoms with Crippen LogP contribution in [-0.4, -0.2) is 67.9 Å². The predicted molar refractivity (Wildman–Crippen MR) is 183 cm³/mol. The molecular formula is C35H36ClFN2O12S. The zero-order chi connectivity index (χ0) is 38.3. The number of nitro groups is 1. The molecule has 0 N–H and O–H groups in total. The van der Waals surface area contributed by atoms with Gasteiger partial charge in [0.25, 0.3) is 17.5 Å². The van der Waals surface area contributed by atoms with Gasteiger partial charge in [0.2, 0.25) is 0 Å². The predicted octanol–water partition coefficient (Wildman–Crippen LogP) is 5.45. The van der Waals surface area contributed by atoms with Crippen LogP contribution in [0.4, 0.5) is 15.8 Å². The zero-order valence-electron chi connectivity index (χ0n) is 28.4. The second-order valence-corrected chi connectivity index (χ2v) is 14.8. The molecule has 2 aromatic rings. The molecule has 3 aliphatic rings. The van der Waals surface area contributed by atoms with Gasteiger partial charge in [-0.25, -0.2) is 22.5 Å². The van der Waals surface area contributed by atoms with E-state index in [0.29, 0.717) is 37.0 Å². The van der Waals surface area contributed by atoms with Crippen LogP contribution >= 0.6 is 11.6 Å². The van der Waals surface area contributed by atoms with Crippen molar-refractivity contribution in [3.8, 4) is 5.75 Å². The topological polar surface area (TPSA) is 201 Å². The van der Waals surface area contributed by atoms with Gasteiger partial charge in [-0.15, -0.1) is 0 Å². The zero-order valence-corrected chi connectivity index (χ0v) is 30.0. The van der Waals surface area contributed by atoms with Crippen LogP contribution in [0.15, 0.2) is 46.4 Å². The summed E-state index contributed by atoms with van der Waals surface area (Å²) in [5, 5.41) is 11.1. The van der Waals surface area contributed by atoms with Gasteiger partial charge in [0, 0.05) is 42.4 Å². The van der Waals surface area contributed by atoms with Crippen molar-refractivity contribution < 1.29 is 56.0 Å². The normalized spacial score (nSPS) is 16.3. The molecule has 0 saturated heterocycles. The van der Waals surface area contributed by atoms with E-state index in [2.05, 4.69) is 0 Å². The Hall–Kier alpha value is -4.83. The van der Waals surface area contributed by atoms with Crippen LogP contribution in [0.5, 0.6) is 5.75 Å². The lowest BCUT2D eigenvalue weighted by Gasteiger charge is -2.18. The third-order valence-corrected chi connectivity index (χ3v) is 10.0. The molecule has 0 spiro atoms. The number of amides is 2. The number of unbranched alkanes of at least 4 members (excludes halogenated alkanes) is 2. The summed E-state index contributed by atoms with van der Waals surface area (Å²) in [5.74, 6) is -6.02. The third-order valence-electron chi connectivity index (χ3n) is 8.60. The Kier molecular flexibility index (Phi) is 13.2. The van der Waals surface area contributed by atoms with Gasteiger partial charge in [-0.3, -0.25) is 34.1 Å². The van der Waals surface area contributed by atoms with Crippen molar-refractivity contribution in [1.82, 2.24) is 0 Å². The standard InChI is InChI=1S/C21H23ClFNO5.C14H13NO7S/c1-2-3-6-9-28-19(25)12-29-18-11-17(16(23)10-15(18)22)24-20(26)13-7-4-5-8-14(13)21(24)27;1-23(21,22)8-5-6-9(10(7-8)15(19)20)14(18)13-11(16)3-2-4-12(13)17/h10-11H,2-9,12H2,1H3;5-7,13H,2-4H2,1H3. The molecule has 5 rings (SSSR count). The molecule has 1 fully saturated rings. The molecule has 52 heavy (non-hydrogen) atoms. The minimum Gasteiger partial charge on any atom is -0.480 e. The minimum atomic E-state index is -3.70. The molecule has 0 bridgehead atoms. The van der Waals surface area contributed by atoms with Crippen LogP contribution in [0.1, 0.15) is 81.5 Å². The van der Waals surface area contributed by atoms with Gasteiger partial charge in [-0.05, 0) is 56.7 Å². The smallest absolute Gasteiger partial charge is 0.344 e. The first kappa shape index (κ1) is 39.9. The minimum absolute atomic E-state index is 0.000883. The Balaban J connectivity index is 0.000000239. The van der Waals surface area contributed by atoms with E-state index in [1.807, 2.05) is 6.92 Å². The van der Waals surface area contributed by atoms with Gasteiger partial charge in [-0.2, -0.15) is 0 Å². The fourth-order valence-electron chi connectivity index (χ4n) is 5.93. The maximum atomic E-state index is 14.5. The molecule has 278 valence electrons. The molecule has 2 amide bonds. The number of anilines is 1. The molecule has 17 heteroatoms. The number of imide groups is 1. The summed E-state index contributed by atoms with van der Waals surface area (Å²) in [6.07, 6.45) is 6.77. The number of carbonyl (C=O) groups is 6. The quantitative estimate of drug-likeness (QED) is 0.0504. The van der Waals surface area contributed by atoms with E-state index < -0.39 is 79.5 Å². The number of nitrogens with zero attached hydrogens (tertiary/aromatic N) is 2. The number of halogens is 2. The highest BCUT2D eigenvalue weighted by molar-refractivity contribution is 7.90. The van der Waals surface area contributed by atoms with Crippen molar-refractivity contribution in [2.24, 2.45) is 5.92 Å². The number of ether oxygens (including phenoxy) is 2. The molecule has 2 aromatic carbocycles. The highest BCUT2D eigenvalue weighted by atomic mass is 35.5. The first-order chi connectivity index (χ1) is 24.6. The maximum Gasteiger partial charge on any atom is 0.344 e. The Morgan fingerprint density at radius 1 is 0.962 bits per heavy atom. The van der Waals surface area contributed by atoms with Gasteiger partial charge >= 0.3 is 5.97 Å². The largest absolute Gasteiger partial charge is 0.480 e. The van der Waals surface area contributed by atoms with Crippen molar-refractivity contribution in [2.75, 3.05) is 24.4 Å². The lowest BCUT2D eigenvalue weighted by Crippen LogP contribution is -2.35. The number of esters is 1. The molecule has 1 heterocycles. The van der Waals surface area contributed by atoms with Gasteiger partial charge < -0.3 is 9.47 Å². The molecule has 1 saturated carbocycles. The number of hydrogen-bond acceptors (Lipinski definition) is 12. The summed E-state index contributed by atoms with van der Waals surface area (Å²) >= 11 is 6.02. The van der Waals surface area contributed by atoms with E-state index in [-0.39, 0.29) is 34.2 Å². The lowest BCUT2D eigenvalue weighted by atomic mass is 9.81. The lowest BCUT2D eigenvalue weighted by molar-refractivity contribution is -0.385. The summed E-state index contributed by atoms with van der Waals surface area (Å²) in [7, 11) is -3.70. The van der Waals surface area contributed by atoms with Crippen molar-refractivity contribution in [2.45, 2.75) is 76.0 Å². The molecule has 2 aliphatic carbocycles. The Labute approximate surface area is 303 Å². The van der Waals surface area contributed by atoms with E-state index in [9.17, 15) is 51.7 Å². The average Bonchev–Trinajstić information content (AvgIpc) is 3.34. The SMILES string of the molecule is CCCCCOC(=O)COc1cc(N2C(=O)C3=C(CCCC3)C2=O)c(F)cc1Cl.CS(=O)(=O)c1ccc(C(=O)C2C(=O)CCCC2=O)c([N+](=O)[O-])c1. The average molecular weight is 763 g/mol. The van der Waals surface area contributed by atoms with Gasteiger partial charge in [0.1, 0.15) is 17.5 Å². The van der Waals surface area contributed by atoms with E-state index >= 15 is 0 Å². The monoisotopic (exact) mass is 762 g/mol. The van der Waals surface area contributed by atoms with E-state index in [1.54, 1.807) is 0 Å². The first-order valence-electron chi connectivity index (χ1n) is 16.5. The second kappa shape index (κ2) is 17.1. The number of rotatable bonds is 12. The van der Waals surface area contributed by atoms with Crippen LogP contribution in [-0.2, 0) is 38.5 Å². The Morgan fingerprint density at radius 3 is 2.13 bits per heavy atom. The second-order valence-electron chi connectivity index (χ2n) is 12.4. The summed E-state index contributed by atoms with van der Waals surface area (Å²) in [4.78, 5) is 83.9. The van der Waals surface area contributed by atoms with Crippen LogP contribution < -0.4 is 9.64 Å². The van der Waals surface area contributed by atoms with Crippen LogP contribution in [0.25, 0.3) is 0 Å². The highest BCUT2D eigenvalue weighted by Crippen LogP contribution is 2.39. The molecular weight excluding hydrogens is 727 g/mol. The van der Waals surface area contributed by atoms with Crippen molar-refractivity contribution in [3.63, 3.8) is 0 Å². The highest BCUT2D eigenvalue weighted by Gasteiger charge is 2.41. The number of nitro benzene ring substituents is 1. The number of carbonyl (C=O) groups excluding carboxylic acids is 6. The van der Waals surface area contributed by atoms with Crippen molar-refractivity contribution in [1.29, 1.82) is 0 Å². The fraction of sp³-hybridized carbons (Fsp3) is 0.429. The fourth-order valence-corrected chi connectivity index (χ4v) is 6.78. The van der Waals surface area contributed by atoms with Crippen LogP contribution in [0.2, 0.25) is 5.02 Å². The molecule has 0 atom stereocenters. The Morgan fingerprint density at radius 2 is 1.58 bits per heavy atom. The number of sulfone groups is 1. The summed E-state index contributed by atoms with van der Waals surface area (Å²) < 4.78 is 47.9. The molecule has 14 nitrogen and oxygen atoms in total. The molecule has 0 aromatic heterocycles. The van der Waals surface area contributed by atoms with Crippen LogP contribution in [0, 0.1) is 21.8 Å². The summed E-state index contributed by atoms with van der Waals surface area (Å²) in [6.45, 7) is 1.93. The summed E-state index contributed by atoms with van der Waals surface area (Å²) in [5.41, 5.74) is -0.493. The summed E-state index contributed by atoms with van der Waals surface area (Å²) in [6, 6.07) is 4.94. The first-order valence-corrected chi connectivity index (χ1v) is 18.8. The van der Waals surface area contributed by atoms with Gasteiger partial charge in [-0.1, -0.05) is 31.4 Å². The third kappa shape index (κ3) is 9.14. The molecule has 1 aliphatic heterocycles. The van der Waals surface area contributed by atoms with Crippen molar-refractivity contribution >= 4 is 67.9 Å². The van der Waals surface area contributed by atoms with Crippen molar-refractivity contribution in [3.05, 3.63) is 68.0 Å². The van der Waals surface area contributed by atoms with E-state index in [0.717, 1.165) is 67.5 Å². The Bertz CT molecular complexity index is 1930. The van der Waals surface area contributed by atoms with Crippen LogP contribution in [0.3, 0.4) is 0 Å².